The molecule has 0 bridgehead atoms. The SMILES string of the molecule is Brc1cnc(NC2CCCN(C3CCCCC3)C2)nc1. The molecular formula is C15H23BrN4. The third-order valence-electron chi connectivity index (χ3n) is 4.50. The fourth-order valence-corrected chi connectivity index (χ4v) is 3.68. The Morgan fingerprint density at radius 1 is 1.05 bits per heavy atom. The number of likely N-dealkylation sites (tertiary alicyclic amines) is 1. The molecule has 5 heteroatoms. The zero-order valence-electron chi connectivity index (χ0n) is 11.9. The zero-order chi connectivity index (χ0) is 13.8. The molecule has 1 aliphatic carbocycles. The number of anilines is 1. The molecule has 1 N–H and O–H groups in total. The summed E-state index contributed by atoms with van der Waals surface area (Å²) < 4.78 is 0.926. The van der Waals surface area contributed by atoms with Gasteiger partial charge in [-0.2, -0.15) is 0 Å². The van der Waals surface area contributed by atoms with Crippen LogP contribution in [0.4, 0.5) is 5.95 Å². The van der Waals surface area contributed by atoms with Gasteiger partial charge in [0.25, 0.3) is 0 Å². The van der Waals surface area contributed by atoms with Crippen LogP contribution in [0, 0.1) is 0 Å². The molecule has 1 unspecified atom stereocenters. The molecule has 3 rings (SSSR count). The standard InChI is InChI=1S/C15H23BrN4/c16-12-9-17-15(18-10-12)19-13-5-4-8-20(11-13)14-6-2-1-3-7-14/h9-10,13-14H,1-8,11H2,(H,17,18,19). The number of aromatic nitrogens is 2. The molecule has 0 aromatic carbocycles. The maximum atomic E-state index is 4.32. The lowest BCUT2D eigenvalue weighted by atomic mass is 9.92. The first-order valence-electron chi connectivity index (χ1n) is 7.79. The fourth-order valence-electron chi connectivity index (χ4n) is 3.47. The average Bonchev–Trinajstić information content (AvgIpc) is 2.51. The molecule has 1 aromatic heterocycles. The van der Waals surface area contributed by atoms with E-state index in [2.05, 4.69) is 36.1 Å². The van der Waals surface area contributed by atoms with Crippen LogP contribution in [0.15, 0.2) is 16.9 Å². The molecule has 1 aromatic rings. The Balaban J connectivity index is 1.56. The Kier molecular flexibility index (Phi) is 4.89. The predicted molar refractivity (Wildman–Crippen MR) is 84.8 cm³/mol. The number of hydrogen-bond acceptors (Lipinski definition) is 4. The second kappa shape index (κ2) is 6.85. The van der Waals surface area contributed by atoms with E-state index in [4.69, 9.17) is 0 Å². The van der Waals surface area contributed by atoms with E-state index >= 15 is 0 Å². The van der Waals surface area contributed by atoms with E-state index in [1.807, 2.05) is 0 Å². The quantitative estimate of drug-likeness (QED) is 0.916. The van der Waals surface area contributed by atoms with Crippen molar-refractivity contribution in [3.63, 3.8) is 0 Å². The van der Waals surface area contributed by atoms with E-state index in [0.29, 0.717) is 6.04 Å². The van der Waals surface area contributed by atoms with Gasteiger partial charge in [-0.1, -0.05) is 19.3 Å². The van der Waals surface area contributed by atoms with Crippen molar-refractivity contribution >= 4 is 21.9 Å². The molecule has 2 fully saturated rings. The summed E-state index contributed by atoms with van der Waals surface area (Å²) >= 11 is 3.37. The van der Waals surface area contributed by atoms with Gasteiger partial charge in [-0.3, -0.25) is 4.90 Å². The highest BCUT2D eigenvalue weighted by molar-refractivity contribution is 9.10. The summed E-state index contributed by atoms with van der Waals surface area (Å²) in [6, 6.07) is 1.31. The van der Waals surface area contributed by atoms with Crippen molar-refractivity contribution in [1.29, 1.82) is 0 Å². The third-order valence-corrected chi connectivity index (χ3v) is 4.91. The van der Waals surface area contributed by atoms with Gasteiger partial charge in [-0.15, -0.1) is 0 Å². The molecule has 0 radical (unpaired) electrons. The van der Waals surface area contributed by atoms with Gasteiger partial charge in [0.2, 0.25) is 5.95 Å². The first-order valence-corrected chi connectivity index (χ1v) is 8.59. The summed E-state index contributed by atoms with van der Waals surface area (Å²) in [5, 5.41) is 3.49. The van der Waals surface area contributed by atoms with Gasteiger partial charge in [0.1, 0.15) is 0 Å². The number of piperidine rings is 1. The Morgan fingerprint density at radius 3 is 2.55 bits per heavy atom. The number of nitrogens with one attached hydrogen (secondary N) is 1. The Hall–Kier alpha value is -0.680. The summed E-state index contributed by atoms with van der Waals surface area (Å²) in [5.41, 5.74) is 0. The van der Waals surface area contributed by atoms with Crippen LogP contribution >= 0.6 is 15.9 Å². The van der Waals surface area contributed by atoms with Crippen LogP contribution in [0.25, 0.3) is 0 Å². The van der Waals surface area contributed by atoms with Crippen molar-refractivity contribution in [2.75, 3.05) is 18.4 Å². The van der Waals surface area contributed by atoms with Gasteiger partial charge in [0.05, 0.1) is 4.47 Å². The number of halogens is 1. The van der Waals surface area contributed by atoms with Crippen molar-refractivity contribution in [2.45, 2.75) is 57.0 Å². The molecule has 1 saturated heterocycles. The molecule has 0 amide bonds. The van der Waals surface area contributed by atoms with Crippen molar-refractivity contribution in [3.05, 3.63) is 16.9 Å². The molecule has 0 spiro atoms. The summed E-state index contributed by atoms with van der Waals surface area (Å²) in [5.74, 6) is 0.753. The lowest BCUT2D eigenvalue weighted by molar-refractivity contribution is 0.124. The van der Waals surface area contributed by atoms with Crippen molar-refractivity contribution < 1.29 is 0 Å². The highest BCUT2D eigenvalue weighted by Gasteiger charge is 2.27. The number of nitrogens with zero attached hydrogens (tertiary/aromatic N) is 3. The lowest BCUT2D eigenvalue weighted by Gasteiger charge is -2.40. The molecule has 1 atom stereocenters. The van der Waals surface area contributed by atoms with Crippen molar-refractivity contribution in [3.8, 4) is 0 Å². The minimum absolute atomic E-state index is 0.492. The van der Waals surface area contributed by atoms with Crippen LogP contribution in [0.1, 0.15) is 44.9 Å². The summed E-state index contributed by atoms with van der Waals surface area (Å²) in [4.78, 5) is 11.3. The molecule has 110 valence electrons. The summed E-state index contributed by atoms with van der Waals surface area (Å²) in [6.45, 7) is 2.41. The maximum Gasteiger partial charge on any atom is 0.222 e. The zero-order valence-corrected chi connectivity index (χ0v) is 13.5. The third kappa shape index (κ3) is 3.70. The van der Waals surface area contributed by atoms with Gasteiger partial charge < -0.3 is 5.32 Å². The van der Waals surface area contributed by atoms with Crippen LogP contribution in [0.3, 0.4) is 0 Å². The van der Waals surface area contributed by atoms with E-state index in [0.717, 1.165) is 23.0 Å². The molecule has 1 aliphatic heterocycles. The Morgan fingerprint density at radius 2 is 1.80 bits per heavy atom. The summed E-state index contributed by atoms with van der Waals surface area (Å²) in [7, 11) is 0. The molecular weight excluding hydrogens is 316 g/mol. The topological polar surface area (TPSA) is 41.1 Å². The minimum Gasteiger partial charge on any atom is -0.350 e. The van der Waals surface area contributed by atoms with Crippen molar-refractivity contribution in [2.24, 2.45) is 0 Å². The largest absolute Gasteiger partial charge is 0.350 e. The normalized spacial score (nSPS) is 25.6. The highest BCUT2D eigenvalue weighted by atomic mass is 79.9. The second-order valence-corrected chi connectivity index (χ2v) is 6.91. The number of hydrogen-bond donors (Lipinski definition) is 1. The number of rotatable bonds is 3. The smallest absolute Gasteiger partial charge is 0.222 e. The fraction of sp³-hybridized carbons (Fsp3) is 0.733. The second-order valence-electron chi connectivity index (χ2n) is 6.00. The van der Waals surface area contributed by atoms with Crippen LogP contribution in [0.5, 0.6) is 0 Å². The molecule has 20 heavy (non-hydrogen) atoms. The van der Waals surface area contributed by atoms with E-state index in [9.17, 15) is 0 Å². The first-order chi connectivity index (χ1) is 9.81. The summed E-state index contributed by atoms with van der Waals surface area (Å²) in [6.07, 6.45) is 13.1. The maximum absolute atomic E-state index is 4.32. The van der Waals surface area contributed by atoms with Gasteiger partial charge in [-0.05, 0) is 48.2 Å². The Labute approximate surface area is 129 Å². The van der Waals surface area contributed by atoms with Crippen molar-refractivity contribution in [1.82, 2.24) is 14.9 Å². The molecule has 1 saturated carbocycles. The van der Waals surface area contributed by atoms with Crippen LogP contribution < -0.4 is 5.32 Å². The first kappa shape index (κ1) is 14.3. The molecule has 2 heterocycles. The van der Waals surface area contributed by atoms with Gasteiger partial charge >= 0.3 is 0 Å². The van der Waals surface area contributed by atoms with Crippen LogP contribution in [0.2, 0.25) is 0 Å². The predicted octanol–water partition coefficient (Wildman–Crippen LogP) is 3.45. The monoisotopic (exact) mass is 338 g/mol. The minimum atomic E-state index is 0.492. The average molecular weight is 339 g/mol. The molecule has 2 aliphatic rings. The Bertz CT molecular complexity index is 416. The van der Waals surface area contributed by atoms with E-state index in [1.54, 1.807) is 12.4 Å². The lowest BCUT2D eigenvalue weighted by Crippen LogP contribution is -2.47. The van der Waals surface area contributed by atoms with E-state index in [1.165, 1.54) is 51.5 Å². The highest BCUT2D eigenvalue weighted by Crippen LogP contribution is 2.25. The van der Waals surface area contributed by atoms with Crippen LogP contribution in [-0.4, -0.2) is 40.0 Å². The van der Waals surface area contributed by atoms with E-state index < -0.39 is 0 Å². The van der Waals surface area contributed by atoms with Gasteiger partial charge in [-0.25, -0.2) is 9.97 Å². The van der Waals surface area contributed by atoms with Gasteiger partial charge in [0.15, 0.2) is 0 Å². The van der Waals surface area contributed by atoms with Gasteiger partial charge in [0, 0.05) is 31.0 Å². The molecule has 4 nitrogen and oxygen atoms in total. The van der Waals surface area contributed by atoms with E-state index in [-0.39, 0.29) is 0 Å². The van der Waals surface area contributed by atoms with Crippen LogP contribution in [-0.2, 0) is 0 Å².